The third-order valence-electron chi connectivity index (χ3n) is 4.25. The van der Waals surface area contributed by atoms with Gasteiger partial charge in [-0.3, -0.25) is 14.6 Å². The minimum Gasteiger partial charge on any atom is -0.298 e. The van der Waals surface area contributed by atoms with Crippen LogP contribution in [0, 0.1) is 13.8 Å². The molecule has 0 bridgehead atoms. The molecule has 2 aromatic rings. The molecule has 4 nitrogen and oxygen atoms in total. The zero-order valence-electron chi connectivity index (χ0n) is 12.5. The zero-order valence-corrected chi connectivity index (χ0v) is 12.5. The van der Waals surface area contributed by atoms with Crippen molar-refractivity contribution >= 4 is 0 Å². The van der Waals surface area contributed by atoms with Crippen LogP contribution < -0.4 is 0 Å². The SMILES string of the molecule is Cc1cc(C)n(CC(C)N2CC(c3ccncc3)C2)n1. The van der Waals surface area contributed by atoms with E-state index >= 15 is 0 Å². The number of likely N-dealkylation sites (tertiary alicyclic amines) is 1. The van der Waals surface area contributed by atoms with Gasteiger partial charge >= 0.3 is 0 Å². The van der Waals surface area contributed by atoms with E-state index in [0.29, 0.717) is 12.0 Å². The van der Waals surface area contributed by atoms with Gasteiger partial charge in [0.05, 0.1) is 12.2 Å². The quantitative estimate of drug-likeness (QED) is 0.855. The van der Waals surface area contributed by atoms with Crippen LogP contribution in [-0.4, -0.2) is 38.8 Å². The Kier molecular flexibility index (Phi) is 3.57. The molecule has 1 atom stereocenters. The maximum Gasteiger partial charge on any atom is 0.0596 e. The molecule has 1 fully saturated rings. The first-order valence-electron chi connectivity index (χ1n) is 7.28. The summed E-state index contributed by atoms with van der Waals surface area (Å²) in [7, 11) is 0. The van der Waals surface area contributed by atoms with E-state index < -0.39 is 0 Å². The second kappa shape index (κ2) is 5.37. The van der Waals surface area contributed by atoms with Gasteiger partial charge in [0, 0.05) is 43.1 Å². The molecule has 0 N–H and O–H groups in total. The van der Waals surface area contributed by atoms with Crippen LogP contribution in [0.3, 0.4) is 0 Å². The molecular formula is C16H22N4. The highest BCUT2D eigenvalue weighted by Crippen LogP contribution is 2.28. The molecule has 106 valence electrons. The zero-order chi connectivity index (χ0) is 14.1. The van der Waals surface area contributed by atoms with Crippen molar-refractivity contribution in [1.29, 1.82) is 0 Å². The van der Waals surface area contributed by atoms with Gasteiger partial charge in [0.25, 0.3) is 0 Å². The number of aromatic nitrogens is 3. The number of hydrogen-bond donors (Lipinski definition) is 0. The van der Waals surface area contributed by atoms with E-state index in [0.717, 1.165) is 25.3 Å². The van der Waals surface area contributed by atoms with E-state index in [1.54, 1.807) is 0 Å². The number of aryl methyl sites for hydroxylation is 2. The lowest BCUT2D eigenvalue weighted by molar-refractivity contribution is 0.0881. The minimum absolute atomic E-state index is 0.533. The summed E-state index contributed by atoms with van der Waals surface area (Å²) in [5.74, 6) is 0.668. The average molecular weight is 270 g/mol. The highest BCUT2D eigenvalue weighted by molar-refractivity contribution is 5.20. The van der Waals surface area contributed by atoms with E-state index in [1.807, 2.05) is 12.4 Å². The number of pyridine rings is 1. The van der Waals surface area contributed by atoms with Crippen LogP contribution in [-0.2, 0) is 6.54 Å². The van der Waals surface area contributed by atoms with Crippen molar-refractivity contribution in [2.75, 3.05) is 13.1 Å². The lowest BCUT2D eigenvalue weighted by Crippen LogP contribution is -2.51. The average Bonchev–Trinajstić information content (AvgIpc) is 2.67. The summed E-state index contributed by atoms with van der Waals surface area (Å²) in [6.45, 7) is 9.73. The summed E-state index contributed by atoms with van der Waals surface area (Å²) in [5.41, 5.74) is 3.77. The Labute approximate surface area is 120 Å². The van der Waals surface area contributed by atoms with Crippen molar-refractivity contribution in [2.24, 2.45) is 0 Å². The smallest absolute Gasteiger partial charge is 0.0596 e. The lowest BCUT2D eigenvalue weighted by atomic mass is 9.91. The molecule has 0 saturated carbocycles. The predicted molar refractivity (Wildman–Crippen MR) is 79.7 cm³/mol. The van der Waals surface area contributed by atoms with E-state index in [9.17, 15) is 0 Å². The maximum atomic E-state index is 4.55. The number of nitrogens with zero attached hydrogens (tertiary/aromatic N) is 4. The third kappa shape index (κ3) is 2.61. The molecular weight excluding hydrogens is 248 g/mol. The molecule has 1 saturated heterocycles. The highest BCUT2D eigenvalue weighted by atomic mass is 15.3. The van der Waals surface area contributed by atoms with Gasteiger partial charge in [-0.05, 0) is 44.5 Å². The van der Waals surface area contributed by atoms with Gasteiger partial charge in [0.1, 0.15) is 0 Å². The van der Waals surface area contributed by atoms with Crippen LogP contribution in [0.5, 0.6) is 0 Å². The largest absolute Gasteiger partial charge is 0.298 e. The summed E-state index contributed by atoms with van der Waals surface area (Å²) in [6.07, 6.45) is 3.77. The summed E-state index contributed by atoms with van der Waals surface area (Å²) >= 11 is 0. The monoisotopic (exact) mass is 270 g/mol. The Bertz CT molecular complexity index is 569. The standard InChI is InChI=1S/C16H22N4/c1-12-8-13(2)20(18-12)9-14(3)19-10-16(11-19)15-4-6-17-7-5-15/h4-8,14,16H,9-11H2,1-3H3. The molecule has 1 unspecified atom stereocenters. The summed E-state index contributed by atoms with van der Waals surface area (Å²) in [4.78, 5) is 6.61. The molecule has 3 heterocycles. The molecule has 0 aliphatic carbocycles. The van der Waals surface area contributed by atoms with Crippen LogP contribution in [0.25, 0.3) is 0 Å². The molecule has 0 radical (unpaired) electrons. The highest BCUT2D eigenvalue weighted by Gasteiger charge is 2.31. The van der Waals surface area contributed by atoms with E-state index in [1.165, 1.54) is 11.3 Å². The molecule has 0 spiro atoms. The number of hydrogen-bond acceptors (Lipinski definition) is 3. The third-order valence-corrected chi connectivity index (χ3v) is 4.25. The Morgan fingerprint density at radius 1 is 1.25 bits per heavy atom. The summed E-state index contributed by atoms with van der Waals surface area (Å²) < 4.78 is 2.12. The van der Waals surface area contributed by atoms with Gasteiger partial charge in [-0.2, -0.15) is 5.10 Å². The van der Waals surface area contributed by atoms with Crippen molar-refractivity contribution in [3.63, 3.8) is 0 Å². The van der Waals surface area contributed by atoms with Crippen molar-refractivity contribution in [3.05, 3.63) is 47.5 Å². The predicted octanol–water partition coefficient (Wildman–Crippen LogP) is 2.38. The first-order chi connectivity index (χ1) is 9.63. The normalized spacial score (nSPS) is 17.9. The van der Waals surface area contributed by atoms with Crippen molar-refractivity contribution < 1.29 is 0 Å². The van der Waals surface area contributed by atoms with Gasteiger partial charge < -0.3 is 0 Å². The molecule has 3 rings (SSSR count). The topological polar surface area (TPSA) is 34.0 Å². The summed E-state index contributed by atoms with van der Waals surface area (Å²) in [6, 6.07) is 6.94. The van der Waals surface area contributed by atoms with Crippen LogP contribution in [0.1, 0.15) is 29.8 Å². The fourth-order valence-corrected chi connectivity index (χ4v) is 2.94. The summed E-state index contributed by atoms with van der Waals surface area (Å²) in [5, 5.41) is 4.55. The number of rotatable bonds is 4. The van der Waals surface area contributed by atoms with Crippen molar-refractivity contribution in [2.45, 2.75) is 39.3 Å². The molecule has 20 heavy (non-hydrogen) atoms. The van der Waals surface area contributed by atoms with Crippen LogP contribution in [0.2, 0.25) is 0 Å². The Morgan fingerprint density at radius 3 is 2.55 bits per heavy atom. The fraction of sp³-hybridized carbons (Fsp3) is 0.500. The molecule has 4 heteroatoms. The Hall–Kier alpha value is -1.68. The Balaban J connectivity index is 1.56. The molecule has 1 aliphatic rings. The molecule has 0 amide bonds. The van der Waals surface area contributed by atoms with E-state index in [-0.39, 0.29) is 0 Å². The first-order valence-corrected chi connectivity index (χ1v) is 7.28. The van der Waals surface area contributed by atoms with Crippen molar-refractivity contribution in [3.8, 4) is 0 Å². The maximum absolute atomic E-state index is 4.55. The first kappa shape index (κ1) is 13.3. The van der Waals surface area contributed by atoms with Crippen LogP contribution in [0.4, 0.5) is 0 Å². The molecule has 0 aromatic carbocycles. The van der Waals surface area contributed by atoms with Gasteiger partial charge in [-0.25, -0.2) is 0 Å². The Morgan fingerprint density at radius 2 is 1.95 bits per heavy atom. The van der Waals surface area contributed by atoms with Crippen LogP contribution in [0.15, 0.2) is 30.6 Å². The van der Waals surface area contributed by atoms with Gasteiger partial charge in [0.2, 0.25) is 0 Å². The van der Waals surface area contributed by atoms with Crippen LogP contribution >= 0.6 is 0 Å². The van der Waals surface area contributed by atoms with E-state index in [2.05, 4.69) is 58.6 Å². The molecule has 1 aliphatic heterocycles. The lowest BCUT2D eigenvalue weighted by Gasteiger charge is -2.43. The van der Waals surface area contributed by atoms with Gasteiger partial charge in [-0.1, -0.05) is 0 Å². The molecule has 2 aromatic heterocycles. The van der Waals surface area contributed by atoms with E-state index in [4.69, 9.17) is 0 Å². The second-order valence-electron chi connectivity index (χ2n) is 5.89. The van der Waals surface area contributed by atoms with Gasteiger partial charge in [0.15, 0.2) is 0 Å². The fourth-order valence-electron chi connectivity index (χ4n) is 2.94. The minimum atomic E-state index is 0.533. The van der Waals surface area contributed by atoms with Gasteiger partial charge in [-0.15, -0.1) is 0 Å². The second-order valence-corrected chi connectivity index (χ2v) is 5.89. The van der Waals surface area contributed by atoms with Crippen molar-refractivity contribution in [1.82, 2.24) is 19.7 Å².